The van der Waals surface area contributed by atoms with Crippen LogP contribution in [-0.4, -0.2) is 53.7 Å². The van der Waals surface area contributed by atoms with E-state index in [4.69, 9.17) is 11.6 Å². The van der Waals surface area contributed by atoms with Gasteiger partial charge in [0.2, 0.25) is 5.91 Å². The van der Waals surface area contributed by atoms with E-state index in [0.29, 0.717) is 48.0 Å². The zero-order valence-corrected chi connectivity index (χ0v) is 15.7. The maximum atomic E-state index is 12.7. The van der Waals surface area contributed by atoms with Crippen LogP contribution in [0.1, 0.15) is 27.6 Å². The monoisotopic (exact) mass is 385 g/mol. The minimum absolute atomic E-state index is 0.0155. The molecule has 6 nitrogen and oxygen atoms in total. The van der Waals surface area contributed by atoms with Gasteiger partial charge in [0.25, 0.3) is 11.8 Å². The number of halogens is 1. The van der Waals surface area contributed by atoms with Crippen LogP contribution in [0.4, 0.5) is 5.69 Å². The van der Waals surface area contributed by atoms with Crippen molar-refractivity contribution in [3.8, 4) is 0 Å². The molecular formula is C20H20ClN3O3. The van der Waals surface area contributed by atoms with Crippen molar-refractivity contribution in [2.24, 2.45) is 0 Å². The minimum atomic E-state index is -0.312. The highest BCUT2D eigenvalue weighted by Gasteiger charge is 2.23. The molecule has 1 aliphatic heterocycles. The fourth-order valence-corrected chi connectivity index (χ4v) is 3.16. The number of rotatable bonds is 3. The zero-order valence-electron chi connectivity index (χ0n) is 14.9. The molecule has 0 spiro atoms. The van der Waals surface area contributed by atoms with E-state index in [1.807, 2.05) is 0 Å². The van der Waals surface area contributed by atoms with Crippen LogP contribution >= 0.6 is 11.6 Å². The lowest BCUT2D eigenvalue weighted by atomic mass is 10.1. The van der Waals surface area contributed by atoms with Crippen LogP contribution < -0.4 is 5.32 Å². The van der Waals surface area contributed by atoms with Crippen molar-refractivity contribution in [3.63, 3.8) is 0 Å². The lowest BCUT2D eigenvalue weighted by Crippen LogP contribution is -2.50. The Balaban J connectivity index is 1.69. The molecule has 2 aromatic rings. The third kappa shape index (κ3) is 4.65. The van der Waals surface area contributed by atoms with Gasteiger partial charge < -0.3 is 15.1 Å². The maximum absolute atomic E-state index is 12.7. The molecule has 140 valence electrons. The Kier molecular flexibility index (Phi) is 5.76. The normalized spacial score (nSPS) is 14.0. The van der Waals surface area contributed by atoms with Crippen molar-refractivity contribution < 1.29 is 14.4 Å². The van der Waals surface area contributed by atoms with Gasteiger partial charge >= 0.3 is 0 Å². The number of hydrogen-bond acceptors (Lipinski definition) is 3. The van der Waals surface area contributed by atoms with E-state index in [1.54, 1.807) is 58.3 Å². The van der Waals surface area contributed by atoms with Gasteiger partial charge in [-0.2, -0.15) is 0 Å². The number of benzene rings is 2. The topological polar surface area (TPSA) is 69.7 Å². The molecule has 27 heavy (non-hydrogen) atoms. The molecule has 0 saturated carbocycles. The number of anilines is 1. The Hall–Kier alpha value is -2.86. The molecule has 1 N–H and O–H groups in total. The summed E-state index contributed by atoms with van der Waals surface area (Å²) in [5.41, 5.74) is 1.43. The van der Waals surface area contributed by atoms with Crippen molar-refractivity contribution >= 4 is 35.0 Å². The molecule has 0 radical (unpaired) electrons. The summed E-state index contributed by atoms with van der Waals surface area (Å²) in [6, 6.07) is 13.5. The average molecular weight is 386 g/mol. The molecule has 3 amide bonds. The van der Waals surface area contributed by atoms with Crippen LogP contribution in [0.15, 0.2) is 48.5 Å². The Labute approximate surface area is 162 Å². The van der Waals surface area contributed by atoms with Crippen LogP contribution in [0.25, 0.3) is 0 Å². The van der Waals surface area contributed by atoms with Crippen molar-refractivity contribution in [2.45, 2.75) is 6.92 Å². The van der Waals surface area contributed by atoms with Crippen LogP contribution in [0.3, 0.4) is 0 Å². The third-order valence-corrected chi connectivity index (χ3v) is 4.70. The summed E-state index contributed by atoms with van der Waals surface area (Å²) in [5, 5.41) is 3.30. The molecule has 0 atom stereocenters. The van der Waals surface area contributed by atoms with Crippen molar-refractivity contribution in [2.75, 3.05) is 31.5 Å². The first-order valence-electron chi connectivity index (χ1n) is 8.66. The summed E-state index contributed by atoms with van der Waals surface area (Å²) in [4.78, 5) is 40.0. The van der Waals surface area contributed by atoms with Gasteiger partial charge in [-0.25, -0.2) is 0 Å². The molecule has 2 aromatic carbocycles. The first kappa shape index (κ1) is 18.9. The van der Waals surface area contributed by atoms with E-state index in [2.05, 4.69) is 5.32 Å². The maximum Gasteiger partial charge on any atom is 0.255 e. The molecule has 1 heterocycles. The molecule has 0 unspecified atom stereocenters. The van der Waals surface area contributed by atoms with Gasteiger partial charge in [0.15, 0.2) is 0 Å². The number of carbonyl (C=O) groups excluding carboxylic acids is 3. The van der Waals surface area contributed by atoms with Gasteiger partial charge in [0, 0.05) is 54.9 Å². The fraction of sp³-hybridized carbons (Fsp3) is 0.250. The molecular weight excluding hydrogens is 366 g/mol. The average Bonchev–Trinajstić information content (AvgIpc) is 2.67. The number of hydrogen-bond donors (Lipinski definition) is 1. The van der Waals surface area contributed by atoms with E-state index in [-0.39, 0.29) is 17.7 Å². The number of piperazine rings is 1. The quantitative estimate of drug-likeness (QED) is 0.883. The van der Waals surface area contributed by atoms with Crippen molar-refractivity contribution in [3.05, 3.63) is 64.7 Å². The summed E-state index contributed by atoms with van der Waals surface area (Å²) in [5.74, 6) is -0.439. The highest BCUT2D eigenvalue weighted by molar-refractivity contribution is 6.31. The predicted molar refractivity (Wildman–Crippen MR) is 104 cm³/mol. The van der Waals surface area contributed by atoms with E-state index < -0.39 is 0 Å². The van der Waals surface area contributed by atoms with Crippen LogP contribution in [0.5, 0.6) is 0 Å². The second-order valence-electron chi connectivity index (χ2n) is 6.34. The minimum Gasteiger partial charge on any atom is -0.339 e. The Morgan fingerprint density at radius 3 is 2.19 bits per heavy atom. The highest BCUT2D eigenvalue weighted by Crippen LogP contribution is 2.17. The van der Waals surface area contributed by atoms with Crippen LogP contribution in [0.2, 0.25) is 5.02 Å². The lowest BCUT2D eigenvalue weighted by molar-refractivity contribution is -0.130. The van der Waals surface area contributed by atoms with Gasteiger partial charge in [0.1, 0.15) is 0 Å². The third-order valence-electron chi connectivity index (χ3n) is 4.47. The van der Waals surface area contributed by atoms with Crippen LogP contribution in [0, 0.1) is 0 Å². The summed E-state index contributed by atoms with van der Waals surface area (Å²) < 4.78 is 0. The van der Waals surface area contributed by atoms with E-state index >= 15 is 0 Å². The smallest absolute Gasteiger partial charge is 0.255 e. The van der Waals surface area contributed by atoms with E-state index in [0.717, 1.165) is 0 Å². The molecule has 0 aliphatic carbocycles. The standard InChI is InChI=1S/C20H20ClN3O3/c1-14(25)23-8-10-24(11-9-23)20(27)16-5-2-4-15(12-16)19(26)22-18-7-3-6-17(21)13-18/h2-7,12-13H,8-11H2,1H3,(H,22,26). The van der Waals surface area contributed by atoms with Gasteiger partial charge in [-0.05, 0) is 36.4 Å². The van der Waals surface area contributed by atoms with E-state index in [9.17, 15) is 14.4 Å². The summed E-state index contributed by atoms with van der Waals surface area (Å²) >= 11 is 5.93. The summed E-state index contributed by atoms with van der Waals surface area (Å²) in [6.45, 7) is 3.54. The SMILES string of the molecule is CC(=O)N1CCN(C(=O)c2cccc(C(=O)Nc3cccc(Cl)c3)c2)CC1. The molecule has 0 bridgehead atoms. The highest BCUT2D eigenvalue weighted by atomic mass is 35.5. The fourth-order valence-electron chi connectivity index (χ4n) is 2.97. The molecule has 0 aromatic heterocycles. The van der Waals surface area contributed by atoms with Crippen molar-refractivity contribution in [1.29, 1.82) is 0 Å². The van der Waals surface area contributed by atoms with Gasteiger partial charge in [-0.1, -0.05) is 23.7 Å². The van der Waals surface area contributed by atoms with Gasteiger partial charge in [-0.3, -0.25) is 14.4 Å². The first-order chi connectivity index (χ1) is 12.9. The molecule has 1 aliphatic rings. The van der Waals surface area contributed by atoms with Crippen LogP contribution in [-0.2, 0) is 4.79 Å². The second-order valence-corrected chi connectivity index (χ2v) is 6.78. The molecule has 7 heteroatoms. The number of nitrogens with one attached hydrogen (secondary N) is 1. The van der Waals surface area contributed by atoms with E-state index in [1.165, 1.54) is 6.92 Å². The number of carbonyl (C=O) groups is 3. The number of amides is 3. The Bertz CT molecular complexity index is 876. The first-order valence-corrected chi connectivity index (χ1v) is 9.03. The lowest BCUT2D eigenvalue weighted by Gasteiger charge is -2.34. The summed E-state index contributed by atoms with van der Waals surface area (Å²) in [7, 11) is 0. The Morgan fingerprint density at radius 2 is 1.52 bits per heavy atom. The number of nitrogens with zero attached hydrogens (tertiary/aromatic N) is 2. The summed E-state index contributed by atoms with van der Waals surface area (Å²) in [6.07, 6.45) is 0. The second kappa shape index (κ2) is 8.22. The molecule has 1 saturated heterocycles. The molecule has 1 fully saturated rings. The van der Waals surface area contributed by atoms with Crippen molar-refractivity contribution in [1.82, 2.24) is 9.80 Å². The zero-order chi connectivity index (χ0) is 19.4. The van der Waals surface area contributed by atoms with Gasteiger partial charge in [-0.15, -0.1) is 0 Å². The van der Waals surface area contributed by atoms with Gasteiger partial charge in [0.05, 0.1) is 0 Å². The predicted octanol–water partition coefficient (Wildman–Crippen LogP) is 2.90. The largest absolute Gasteiger partial charge is 0.339 e. The Morgan fingerprint density at radius 1 is 0.889 bits per heavy atom. The molecule has 3 rings (SSSR count).